The van der Waals surface area contributed by atoms with Gasteiger partial charge in [0.2, 0.25) is 5.91 Å². The molecule has 0 aliphatic rings. The Morgan fingerprint density at radius 1 is 1.46 bits per heavy atom. The number of hydrogen-bond donors (Lipinski definition) is 1. The van der Waals surface area contributed by atoms with Gasteiger partial charge in [-0.1, -0.05) is 19.9 Å². The molecule has 3 heteroatoms. The lowest BCUT2D eigenvalue weighted by Gasteiger charge is -2.34. The maximum absolute atomic E-state index is 11.0. The average molecular weight is 185 g/mol. The summed E-state index contributed by atoms with van der Waals surface area (Å²) < 4.78 is 0.704. The van der Waals surface area contributed by atoms with Crippen LogP contribution in [0.4, 0.5) is 0 Å². The fraction of sp³-hybridized carbons (Fsp3) is 0.700. The first kappa shape index (κ1) is 12.2. The van der Waals surface area contributed by atoms with Crippen LogP contribution in [0, 0.1) is 0 Å². The van der Waals surface area contributed by atoms with Gasteiger partial charge in [-0.3, -0.25) is 4.79 Å². The lowest BCUT2D eigenvalue weighted by molar-refractivity contribution is -0.890. The van der Waals surface area contributed by atoms with Crippen LogP contribution >= 0.6 is 0 Å². The quantitative estimate of drug-likeness (QED) is 0.502. The van der Waals surface area contributed by atoms with Crippen molar-refractivity contribution in [2.75, 3.05) is 21.1 Å². The first-order chi connectivity index (χ1) is 5.80. The summed E-state index contributed by atoms with van der Waals surface area (Å²) in [5, 5.41) is 0. The minimum atomic E-state index is -0.383. The van der Waals surface area contributed by atoms with Crippen LogP contribution < -0.4 is 5.73 Å². The van der Waals surface area contributed by atoms with Crippen LogP contribution in [0.2, 0.25) is 0 Å². The third kappa shape index (κ3) is 3.59. The van der Waals surface area contributed by atoms with E-state index in [4.69, 9.17) is 5.73 Å². The van der Waals surface area contributed by atoms with Crippen LogP contribution in [0.5, 0.6) is 0 Å². The van der Waals surface area contributed by atoms with Crippen molar-refractivity contribution < 1.29 is 9.28 Å². The van der Waals surface area contributed by atoms with E-state index >= 15 is 0 Å². The molecule has 0 radical (unpaired) electrons. The predicted octanol–water partition coefficient (Wildman–Crippen LogP) is 0.903. The highest BCUT2D eigenvalue weighted by Gasteiger charge is 2.28. The largest absolute Gasteiger partial charge is 0.366 e. The lowest BCUT2D eigenvalue weighted by Crippen LogP contribution is -2.48. The minimum absolute atomic E-state index is 0.141. The van der Waals surface area contributed by atoms with E-state index in [1.165, 1.54) is 0 Å². The van der Waals surface area contributed by atoms with Crippen LogP contribution in [-0.2, 0) is 4.79 Å². The normalized spacial score (nSPS) is 13.8. The van der Waals surface area contributed by atoms with Gasteiger partial charge >= 0.3 is 0 Å². The fourth-order valence-electron chi connectivity index (χ4n) is 1.47. The molecule has 0 aromatic rings. The molecule has 1 unspecified atom stereocenters. The van der Waals surface area contributed by atoms with Crippen molar-refractivity contribution in [3.8, 4) is 0 Å². The summed E-state index contributed by atoms with van der Waals surface area (Å²) in [6.45, 7) is 5.84. The summed E-state index contributed by atoms with van der Waals surface area (Å²) in [6, 6.07) is 0.141. The molecule has 0 aliphatic heterocycles. The molecule has 0 saturated carbocycles. The molecular weight excluding hydrogens is 164 g/mol. The number of primary amides is 1. The van der Waals surface area contributed by atoms with E-state index in [1.807, 2.05) is 0 Å². The van der Waals surface area contributed by atoms with Gasteiger partial charge in [-0.25, -0.2) is 0 Å². The smallest absolute Gasteiger partial charge is 0.250 e. The molecule has 0 rings (SSSR count). The standard InChI is InChI=1S/C10H20N2O/c1-6-7-9(12(3,4)5)8(2)10(11)13/h9H,2,6-7H2,1,3-5H3,(H-,11,13)/p+1. The molecule has 0 spiro atoms. The summed E-state index contributed by atoms with van der Waals surface area (Å²) in [5.74, 6) is -0.383. The van der Waals surface area contributed by atoms with Crippen LogP contribution in [-0.4, -0.2) is 37.6 Å². The van der Waals surface area contributed by atoms with Crippen LogP contribution in [0.1, 0.15) is 19.8 Å². The van der Waals surface area contributed by atoms with E-state index in [2.05, 4.69) is 34.6 Å². The summed E-state index contributed by atoms with van der Waals surface area (Å²) in [7, 11) is 6.15. The van der Waals surface area contributed by atoms with E-state index in [9.17, 15) is 4.79 Å². The zero-order valence-corrected chi connectivity index (χ0v) is 9.13. The Hall–Kier alpha value is -0.830. The van der Waals surface area contributed by atoms with Gasteiger partial charge in [-0.05, 0) is 0 Å². The van der Waals surface area contributed by atoms with Gasteiger partial charge in [-0.2, -0.15) is 0 Å². The molecule has 0 fully saturated rings. The third-order valence-corrected chi connectivity index (χ3v) is 2.22. The number of carbonyl (C=O) groups excluding carboxylic acids is 1. The Morgan fingerprint density at radius 3 is 2.15 bits per heavy atom. The molecule has 0 aromatic carbocycles. The first-order valence-electron chi connectivity index (χ1n) is 4.60. The molecule has 0 heterocycles. The van der Waals surface area contributed by atoms with Crippen LogP contribution in [0.3, 0.4) is 0 Å². The van der Waals surface area contributed by atoms with Crippen molar-refractivity contribution in [3.05, 3.63) is 12.2 Å². The average Bonchev–Trinajstić information content (AvgIpc) is 1.96. The highest BCUT2D eigenvalue weighted by Crippen LogP contribution is 2.17. The maximum atomic E-state index is 11.0. The molecule has 76 valence electrons. The van der Waals surface area contributed by atoms with Gasteiger partial charge in [0.1, 0.15) is 6.04 Å². The van der Waals surface area contributed by atoms with E-state index in [0.717, 1.165) is 12.8 Å². The zero-order valence-electron chi connectivity index (χ0n) is 9.13. The molecule has 0 bridgehead atoms. The van der Waals surface area contributed by atoms with Crippen LogP contribution in [0.25, 0.3) is 0 Å². The topological polar surface area (TPSA) is 43.1 Å². The lowest BCUT2D eigenvalue weighted by atomic mass is 10.0. The number of hydrogen-bond acceptors (Lipinski definition) is 1. The number of rotatable bonds is 5. The minimum Gasteiger partial charge on any atom is -0.366 e. The second kappa shape index (κ2) is 4.42. The zero-order chi connectivity index (χ0) is 10.6. The molecule has 3 nitrogen and oxygen atoms in total. The van der Waals surface area contributed by atoms with Gasteiger partial charge in [0.15, 0.2) is 0 Å². The number of quaternary nitrogens is 1. The Kier molecular flexibility index (Phi) is 4.14. The van der Waals surface area contributed by atoms with Crippen molar-refractivity contribution in [1.82, 2.24) is 0 Å². The number of nitrogens with zero attached hydrogens (tertiary/aromatic N) is 1. The van der Waals surface area contributed by atoms with Crippen molar-refractivity contribution >= 4 is 5.91 Å². The second-order valence-electron chi connectivity index (χ2n) is 4.31. The number of carbonyl (C=O) groups is 1. The third-order valence-electron chi connectivity index (χ3n) is 2.22. The van der Waals surface area contributed by atoms with Crippen molar-refractivity contribution in [3.63, 3.8) is 0 Å². The molecule has 0 aromatic heterocycles. The SMILES string of the molecule is C=C(C(N)=O)C(CCC)[N+](C)(C)C. The Morgan fingerprint density at radius 2 is 1.92 bits per heavy atom. The molecule has 1 amide bonds. The molecular formula is C10H21N2O+. The van der Waals surface area contributed by atoms with Gasteiger partial charge in [0.25, 0.3) is 0 Å². The fourth-order valence-corrected chi connectivity index (χ4v) is 1.47. The number of nitrogens with two attached hydrogens (primary N) is 1. The summed E-state index contributed by atoms with van der Waals surface area (Å²) in [5.41, 5.74) is 5.75. The molecule has 0 saturated heterocycles. The van der Waals surface area contributed by atoms with Gasteiger partial charge in [0, 0.05) is 6.42 Å². The van der Waals surface area contributed by atoms with Crippen molar-refractivity contribution in [2.45, 2.75) is 25.8 Å². The van der Waals surface area contributed by atoms with Crippen molar-refractivity contribution in [1.29, 1.82) is 0 Å². The summed E-state index contributed by atoms with van der Waals surface area (Å²) in [6.07, 6.45) is 1.98. The number of likely N-dealkylation sites (N-methyl/N-ethyl adjacent to an activating group) is 1. The predicted molar refractivity (Wildman–Crippen MR) is 55.1 cm³/mol. The summed E-state index contributed by atoms with van der Waals surface area (Å²) in [4.78, 5) is 11.0. The maximum Gasteiger partial charge on any atom is 0.250 e. The van der Waals surface area contributed by atoms with E-state index in [1.54, 1.807) is 0 Å². The second-order valence-corrected chi connectivity index (χ2v) is 4.31. The van der Waals surface area contributed by atoms with Gasteiger partial charge in [0.05, 0.1) is 26.7 Å². The first-order valence-corrected chi connectivity index (χ1v) is 4.60. The van der Waals surface area contributed by atoms with E-state index in [0.29, 0.717) is 10.1 Å². The molecule has 0 aliphatic carbocycles. The molecule has 13 heavy (non-hydrogen) atoms. The van der Waals surface area contributed by atoms with Crippen LogP contribution in [0.15, 0.2) is 12.2 Å². The van der Waals surface area contributed by atoms with E-state index < -0.39 is 0 Å². The van der Waals surface area contributed by atoms with Gasteiger partial charge < -0.3 is 10.2 Å². The monoisotopic (exact) mass is 185 g/mol. The number of amides is 1. The van der Waals surface area contributed by atoms with Gasteiger partial charge in [-0.15, -0.1) is 0 Å². The Balaban J connectivity index is 4.61. The van der Waals surface area contributed by atoms with Crippen molar-refractivity contribution in [2.24, 2.45) is 5.73 Å². The Bertz CT molecular complexity index is 203. The highest BCUT2D eigenvalue weighted by atomic mass is 16.1. The Labute approximate surface area is 80.8 Å². The van der Waals surface area contributed by atoms with E-state index in [-0.39, 0.29) is 11.9 Å². The molecule has 1 atom stereocenters. The summed E-state index contributed by atoms with van der Waals surface area (Å²) >= 11 is 0. The highest BCUT2D eigenvalue weighted by molar-refractivity contribution is 5.92. The molecule has 2 N–H and O–H groups in total.